The minimum atomic E-state index is -0.0101. The van der Waals surface area contributed by atoms with Gasteiger partial charge in [-0.15, -0.1) is 11.3 Å². The summed E-state index contributed by atoms with van der Waals surface area (Å²) in [7, 11) is 0. The van der Waals surface area contributed by atoms with E-state index in [0.717, 1.165) is 23.5 Å². The quantitative estimate of drug-likeness (QED) is 0.878. The summed E-state index contributed by atoms with van der Waals surface area (Å²) in [4.78, 5) is 16.9. The summed E-state index contributed by atoms with van der Waals surface area (Å²) in [6, 6.07) is 7.67. The first-order valence-electron chi connectivity index (χ1n) is 8.55. The van der Waals surface area contributed by atoms with Crippen molar-refractivity contribution in [3.05, 3.63) is 45.9 Å². The first-order chi connectivity index (χ1) is 11.6. The van der Waals surface area contributed by atoms with Crippen LogP contribution in [0.15, 0.2) is 29.6 Å². The van der Waals surface area contributed by atoms with Crippen LogP contribution in [0.25, 0.3) is 0 Å². The molecule has 3 rings (SSSR count). The molecule has 5 heteroatoms. The molecule has 128 valence electrons. The number of benzene rings is 1. The maximum atomic E-state index is 12.5. The minimum Gasteiger partial charge on any atom is -0.487 e. The Morgan fingerprint density at radius 2 is 2.29 bits per heavy atom. The predicted molar refractivity (Wildman–Crippen MR) is 96.5 cm³/mol. The topological polar surface area (TPSA) is 51.2 Å². The zero-order valence-corrected chi connectivity index (χ0v) is 15.1. The van der Waals surface area contributed by atoms with Crippen LogP contribution in [0.3, 0.4) is 0 Å². The molecular weight excluding hydrogens is 320 g/mol. The van der Waals surface area contributed by atoms with Crippen LogP contribution < -0.4 is 10.1 Å². The lowest BCUT2D eigenvalue weighted by Crippen LogP contribution is -2.37. The molecular formula is C19H24N2O2S. The molecule has 0 radical (unpaired) electrons. The zero-order chi connectivity index (χ0) is 16.9. The highest BCUT2D eigenvalue weighted by atomic mass is 32.1. The van der Waals surface area contributed by atoms with Crippen LogP contribution in [0.1, 0.15) is 53.7 Å². The summed E-state index contributed by atoms with van der Waals surface area (Å²) in [6.45, 7) is 4.66. The molecule has 1 fully saturated rings. The zero-order valence-electron chi connectivity index (χ0n) is 14.2. The summed E-state index contributed by atoms with van der Waals surface area (Å²) in [5.41, 5.74) is 1.57. The Morgan fingerprint density at radius 3 is 3.04 bits per heavy atom. The molecule has 2 aromatic rings. The van der Waals surface area contributed by atoms with Crippen molar-refractivity contribution in [3.8, 4) is 5.75 Å². The Balaban J connectivity index is 1.58. The number of carbonyl (C=O) groups excluding carboxylic acids is 1. The average molecular weight is 344 g/mol. The fourth-order valence-electron chi connectivity index (χ4n) is 3.19. The van der Waals surface area contributed by atoms with E-state index in [1.165, 1.54) is 12.8 Å². The molecule has 2 unspecified atom stereocenters. The van der Waals surface area contributed by atoms with Crippen LogP contribution in [-0.4, -0.2) is 16.9 Å². The minimum absolute atomic E-state index is 0.0101. The molecule has 1 aliphatic rings. The smallest absolute Gasteiger partial charge is 0.251 e. The van der Waals surface area contributed by atoms with E-state index in [1.807, 2.05) is 30.5 Å². The number of nitrogens with one attached hydrogen (secondary N) is 1. The van der Waals surface area contributed by atoms with E-state index in [2.05, 4.69) is 17.2 Å². The van der Waals surface area contributed by atoms with E-state index < -0.39 is 0 Å². The van der Waals surface area contributed by atoms with Gasteiger partial charge in [0.05, 0.1) is 10.7 Å². The largest absolute Gasteiger partial charge is 0.487 e. The van der Waals surface area contributed by atoms with Gasteiger partial charge in [-0.05, 0) is 43.9 Å². The molecule has 1 aromatic carbocycles. The fraction of sp³-hybridized carbons (Fsp3) is 0.474. The van der Waals surface area contributed by atoms with E-state index >= 15 is 0 Å². The third kappa shape index (κ3) is 4.57. The molecule has 2 atom stereocenters. The maximum Gasteiger partial charge on any atom is 0.251 e. The highest BCUT2D eigenvalue weighted by molar-refractivity contribution is 7.09. The average Bonchev–Trinajstić information content (AvgIpc) is 2.99. The normalized spacial score (nSPS) is 20.6. The van der Waals surface area contributed by atoms with E-state index in [4.69, 9.17) is 4.74 Å². The highest BCUT2D eigenvalue weighted by Crippen LogP contribution is 2.24. The number of aryl methyl sites for hydroxylation is 1. The number of ether oxygens (including phenoxy) is 1. The van der Waals surface area contributed by atoms with Gasteiger partial charge < -0.3 is 10.1 Å². The van der Waals surface area contributed by atoms with Gasteiger partial charge in [0.1, 0.15) is 12.4 Å². The first-order valence-corrected chi connectivity index (χ1v) is 9.43. The van der Waals surface area contributed by atoms with Gasteiger partial charge in [0.15, 0.2) is 0 Å². The fourth-order valence-corrected chi connectivity index (χ4v) is 3.79. The molecule has 0 saturated heterocycles. The Labute approximate surface area is 147 Å². The molecule has 1 N–H and O–H groups in total. The van der Waals surface area contributed by atoms with Crippen molar-refractivity contribution in [3.63, 3.8) is 0 Å². The summed E-state index contributed by atoms with van der Waals surface area (Å²) in [6.07, 6.45) is 4.62. The number of carbonyl (C=O) groups is 1. The SMILES string of the molecule is Cc1nc(COc2cccc(C(=O)NC3CCCC(C)C3)c2)cs1. The second-order valence-corrected chi connectivity index (χ2v) is 7.68. The Morgan fingerprint density at radius 1 is 1.42 bits per heavy atom. The number of rotatable bonds is 5. The maximum absolute atomic E-state index is 12.5. The molecule has 4 nitrogen and oxygen atoms in total. The lowest BCUT2D eigenvalue weighted by atomic mass is 9.87. The van der Waals surface area contributed by atoms with Gasteiger partial charge in [0, 0.05) is 17.0 Å². The molecule has 1 aromatic heterocycles. The molecule has 1 amide bonds. The van der Waals surface area contributed by atoms with Crippen molar-refractivity contribution in [2.75, 3.05) is 0 Å². The van der Waals surface area contributed by atoms with Crippen LogP contribution in [0.5, 0.6) is 5.75 Å². The number of hydrogen-bond acceptors (Lipinski definition) is 4. The third-order valence-corrected chi connectivity index (χ3v) is 5.24. The summed E-state index contributed by atoms with van der Waals surface area (Å²) in [5.74, 6) is 1.38. The standard InChI is InChI=1S/C19H24N2O2S/c1-13-5-3-7-16(9-13)21-19(22)15-6-4-8-18(10-15)23-11-17-12-24-14(2)20-17/h4,6,8,10,12-13,16H,3,5,7,9,11H2,1-2H3,(H,21,22). The van der Waals surface area contributed by atoms with E-state index in [-0.39, 0.29) is 5.91 Å². The van der Waals surface area contributed by atoms with Crippen molar-refractivity contribution >= 4 is 17.2 Å². The molecule has 1 aliphatic carbocycles. The number of nitrogens with zero attached hydrogens (tertiary/aromatic N) is 1. The second kappa shape index (κ2) is 7.79. The van der Waals surface area contributed by atoms with Gasteiger partial charge in [0.2, 0.25) is 0 Å². The van der Waals surface area contributed by atoms with Crippen LogP contribution in [0, 0.1) is 12.8 Å². The number of thiazole rings is 1. The van der Waals surface area contributed by atoms with E-state index in [1.54, 1.807) is 17.4 Å². The molecule has 1 saturated carbocycles. The van der Waals surface area contributed by atoms with Crippen molar-refractivity contribution in [2.45, 2.75) is 52.2 Å². The molecule has 0 aliphatic heterocycles. The van der Waals surface area contributed by atoms with Crippen molar-refractivity contribution in [1.29, 1.82) is 0 Å². The number of aromatic nitrogens is 1. The van der Waals surface area contributed by atoms with Gasteiger partial charge in [-0.3, -0.25) is 4.79 Å². The molecule has 0 spiro atoms. The molecule has 0 bridgehead atoms. The van der Waals surface area contributed by atoms with E-state index in [9.17, 15) is 4.79 Å². The van der Waals surface area contributed by atoms with Crippen LogP contribution in [0.2, 0.25) is 0 Å². The first kappa shape index (κ1) is 17.0. The highest BCUT2D eigenvalue weighted by Gasteiger charge is 2.21. The monoisotopic (exact) mass is 344 g/mol. The van der Waals surface area contributed by atoms with Crippen LogP contribution >= 0.6 is 11.3 Å². The van der Waals surface area contributed by atoms with Gasteiger partial charge in [-0.25, -0.2) is 4.98 Å². The van der Waals surface area contributed by atoms with Crippen LogP contribution in [0.4, 0.5) is 0 Å². The summed E-state index contributed by atoms with van der Waals surface area (Å²) < 4.78 is 5.77. The third-order valence-electron chi connectivity index (χ3n) is 4.42. The molecule has 1 heterocycles. The predicted octanol–water partition coefficient (Wildman–Crippen LogP) is 4.34. The lowest BCUT2D eigenvalue weighted by molar-refractivity contribution is 0.0921. The van der Waals surface area contributed by atoms with E-state index in [0.29, 0.717) is 29.9 Å². The summed E-state index contributed by atoms with van der Waals surface area (Å²) in [5, 5.41) is 6.19. The van der Waals surface area contributed by atoms with Gasteiger partial charge in [-0.1, -0.05) is 25.8 Å². The second-order valence-electron chi connectivity index (χ2n) is 6.62. The van der Waals surface area contributed by atoms with Gasteiger partial charge in [-0.2, -0.15) is 0 Å². The van der Waals surface area contributed by atoms with Gasteiger partial charge >= 0.3 is 0 Å². The van der Waals surface area contributed by atoms with Gasteiger partial charge in [0.25, 0.3) is 5.91 Å². The van der Waals surface area contributed by atoms with Crippen molar-refractivity contribution in [1.82, 2.24) is 10.3 Å². The summed E-state index contributed by atoms with van der Waals surface area (Å²) >= 11 is 1.61. The lowest BCUT2D eigenvalue weighted by Gasteiger charge is -2.27. The Kier molecular flexibility index (Phi) is 5.51. The van der Waals surface area contributed by atoms with Crippen LogP contribution in [-0.2, 0) is 6.61 Å². The Bertz CT molecular complexity index is 698. The van der Waals surface area contributed by atoms with Crippen molar-refractivity contribution < 1.29 is 9.53 Å². The Hall–Kier alpha value is -1.88. The number of amides is 1. The van der Waals surface area contributed by atoms with Crippen molar-refractivity contribution in [2.24, 2.45) is 5.92 Å². The molecule has 24 heavy (non-hydrogen) atoms. The number of hydrogen-bond donors (Lipinski definition) is 1.